The number of nitrogens with zero attached hydrogens (tertiary/aromatic N) is 2. The second-order valence-electron chi connectivity index (χ2n) is 12.2. The van der Waals surface area contributed by atoms with Gasteiger partial charge in [-0.2, -0.15) is 0 Å². The van der Waals surface area contributed by atoms with Crippen LogP contribution in [0, 0.1) is 5.41 Å². The highest BCUT2D eigenvalue weighted by molar-refractivity contribution is 5.95. The van der Waals surface area contributed by atoms with E-state index in [1.54, 1.807) is 59.0 Å². The van der Waals surface area contributed by atoms with Gasteiger partial charge in [0.15, 0.2) is 0 Å². The number of hydrazine groups is 1. The van der Waals surface area contributed by atoms with Crippen LogP contribution in [0.15, 0.2) is 36.2 Å². The van der Waals surface area contributed by atoms with Crippen molar-refractivity contribution in [3.63, 3.8) is 0 Å². The second-order valence-corrected chi connectivity index (χ2v) is 12.2. The number of nitrogens with two attached hydrogens (primary N) is 2. The summed E-state index contributed by atoms with van der Waals surface area (Å²) >= 11 is 0. The number of hydrogen-bond donors (Lipinski definition) is 7. The number of aliphatic carboxylic acids is 1. The van der Waals surface area contributed by atoms with Gasteiger partial charge in [-0.25, -0.2) is 10.6 Å². The van der Waals surface area contributed by atoms with Crippen LogP contribution in [0.1, 0.15) is 39.7 Å². The Bertz CT molecular complexity index is 1260. The lowest BCUT2D eigenvalue weighted by Gasteiger charge is -2.36. The minimum atomic E-state index is -1.25. The third-order valence-corrected chi connectivity index (χ3v) is 7.65. The lowest BCUT2D eigenvalue weighted by atomic mass is 9.85. The van der Waals surface area contributed by atoms with Crippen LogP contribution in [0.25, 0.3) is 0 Å². The molecule has 3 heterocycles. The molecule has 44 heavy (non-hydrogen) atoms. The van der Waals surface area contributed by atoms with E-state index in [4.69, 9.17) is 16.3 Å². The van der Waals surface area contributed by atoms with E-state index >= 15 is 0 Å². The molecule has 0 aromatic heterocycles. The van der Waals surface area contributed by atoms with Crippen molar-refractivity contribution in [2.24, 2.45) is 17.0 Å². The van der Waals surface area contributed by atoms with E-state index in [1.165, 1.54) is 16.1 Å². The molecule has 1 fully saturated rings. The minimum absolute atomic E-state index is 0.00185. The van der Waals surface area contributed by atoms with E-state index in [0.29, 0.717) is 11.3 Å². The summed E-state index contributed by atoms with van der Waals surface area (Å²) in [5.41, 5.74) is 6.37. The second kappa shape index (κ2) is 14.4. The molecule has 4 bridgehead atoms. The molecule has 15 nitrogen and oxygen atoms in total. The lowest BCUT2D eigenvalue weighted by Crippen LogP contribution is -2.60. The van der Waals surface area contributed by atoms with Gasteiger partial charge in [-0.05, 0) is 37.1 Å². The Morgan fingerprint density at radius 3 is 2.41 bits per heavy atom. The van der Waals surface area contributed by atoms with Crippen LogP contribution in [0.5, 0.6) is 5.75 Å². The predicted molar refractivity (Wildman–Crippen MR) is 160 cm³/mol. The first-order valence-electron chi connectivity index (χ1n) is 14.4. The Kier molecular flexibility index (Phi) is 11.2. The summed E-state index contributed by atoms with van der Waals surface area (Å²) in [4.78, 5) is 66.2. The van der Waals surface area contributed by atoms with Crippen molar-refractivity contribution < 1.29 is 33.8 Å². The molecule has 5 unspecified atom stereocenters. The topological polar surface area (TPSA) is 221 Å². The number of likely N-dealkylation sites (tertiary alicyclic amines) is 1. The summed E-state index contributed by atoms with van der Waals surface area (Å²) in [6.45, 7) is 6.55. The van der Waals surface area contributed by atoms with Gasteiger partial charge < -0.3 is 46.8 Å². The number of rotatable bonds is 5. The van der Waals surface area contributed by atoms with E-state index in [0.717, 1.165) is 0 Å². The highest BCUT2D eigenvalue weighted by Crippen LogP contribution is 2.28. The fourth-order valence-corrected chi connectivity index (χ4v) is 4.92. The molecule has 1 aromatic carbocycles. The fourth-order valence-electron chi connectivity index (χ4n) is 4.92. The van der Waals surface area contributed by atoms with Gasteiger partial charge in [0.1, 0.15) is 30.5 Å². The van der Waals surface area contributed by atoms with Crippen molar-refractivity contribution in [1.82, 2.24) is 31.2 Å². The van der Waals surface area contributed by atoms with Crippen LogP contribution in [0.3, 0.4) is 0 Å². The maximum Gasteiger partial charge on any atom is 0.326 e. The SMILES string of the molecule is CNC(C)C(=O)NC(C(=O)N1CC2CC1C(=O)NCC(=O)NC(C(=O)O)Cc1ccc(cc1)OC/C(N)=C/N2N)C(C)(C)C. The number of carbonyl (C=O) groups is 5. The van der Waals surface area contributed by atoms with Crippen LogP contribution in [-0.2, 0) is 30.4 Å². The number of likely N-dealkylation sites (N-methyl/N-ethyl adjacent to an activating group) is 1. The molecular formula is C29H44N8O7. The molecule has 15 heteroatoms. The van der Waals surface area contributed by atoms with Gasteiger partial charge in [-0.15, -0.1) is 0 Å². The van der Waals surface area contributed by atoms with E-state index in [-0.39, 0.29) is 37.6 Å². The fraction of sp³-hybridized carbons (Fsp3) is 0.552. The van der Waals surface area contributed by atoms with Gasteiger partial charge in [0.25, 0.3) is 0 Å². The third kappa shape index (κ3) is 8.83. The molecular weight excluding hydrogens is 572 g/mol. The Morgan fingerprint density at radius 1 is 1.16 bits per heavy atom. The van der Waals surface area contributed by atoms with Crippen LogP contribution < -0.4 is 37.6 Å². The van der Waals surface area contributed by atoms with Gasteiger partial charge in [0.2, 0.25) is 23.6 Å². The Balaban J connectivity index is 1.93. The lowest BCUT2D eigenvalue weighted by molar-refractivity contribution is -0.144. The predicted octanol–water partition coefficient (Wildman–Crippen LogP) is -1.61. The Morgan fingerprint density at radius 2 is 1.82 bits per heavy atom. The third-order valence-electron chi connectivity index (χ3n) is 7.65. The van der Waals surface area contributed by atoms with Crippen molar-refractivity contribution in [2.45, 2.75) is 70.7 Å². The summed E-state index contributed by atoms with van der Waals surface area (Å²) in [5.74, 6) is 3.36. The average Bonchev–Trinajstić information content (AvgIpc) is 3.42. The molecule has 9 N–H and O–H groups in total. The number of fused-ring (bicyclic) bond motifs is 11. The highest BCUT2D eigenvalue weighted by atomic mass is 16.5. The van der Waals surface area contributed by atoms with Gasteiger partial charge >= 0.3 is 5.97 Å². The maximum absolute atomic E-state index is 14.0. The molecule has 4 amide bonds. The largest absolute Gasteiger partial charge is 0.487 e. The first-order valence-corrected chi connectivity index (χ1v) is 14.4. The summed E-state index contributed by atoms with van der Waals surface area (Å²) < 4.78 is 5.73. The Hall–Kier alpha value is -4.37. The van der Waals surface area contributed by atoms with E-state index in [9.17, 15) is 29.1 Å². The van der Waals surface area contributed by atoms with E-state index < -0.39 is 65.9 Å². The molecule has 3 aliphatic rings. The van der Waals surface area contributed by atoms with Crippen molar-refractivity contribution in [3.8, 4) is 5.75 Å². The Labute approximate surface area is 256 Å². The summed E-state index contributed by atoms with van der Waals surface area (Å²) in [5, 5.41) is 21.6. The highest BCUT2D eigenvalue weighted by Gasteiger charge is 2.46. The average molecular weight is 617 g/mol. The molecule has 5 atom stereocenters. The minimum Gasteiger partial charge on any atom is -0.487 e. The standard InChI is InChI=1S/C29H44N8O7/c1-16(32-5)25(39)35-24(29(2,3)4)27(41)36-14-19-11-22(36)26(40)33-12-23(38)34-21(28(42)43)10-17-6-8-20(9-7-17)44-15-18(30)13-37(19)31/h6-9,13,16,19,21-22,24,32H,10-12,14-15,30-31H2,1-5H3,(H,33,40)(H,34,38)(H,35,39)(H,42,43)/b18-13-. The first-order chi connectivity index (χ1) is 20.6. The molecule has 0 saturated carbocycles. The zero-order valence-electron chi connectivity index (χ0n) is 25.8. The monoisotopic (exact) mass is 616 g/mol. The van der Waals surface area contributed by atoms with Gasteiger partial charge in [-0.3, -0.25) is 19.2 Å². The molecule has 1 aromatic rings. The number of carboxylic acid groups (broad SMARTS) is 1. The molecule has 3 aliphatic heterocycles. The smallest absolute Gasteiger partial charge is 0.326 e. The molecule has 0 radical (unpaired) electrons. The number of hydrogen-bond acceptors (Lipinski definition) is 10. The maximum atomic E-state index is 14.0. The van der Waals surface area contributed by atoms with Crippen molar-refractivity contribution in [3.05, 3.63) is 41.7 Å². The summed E-state index contributed by atoms with van der Waals surface area (Å²) in [7, 11) is 1.63. The number of ether oxygens (including phenoxy) is 1. The number of amides is 4. The van der Waals surface area contributed by atoms with E-state index in [2.05, 4.69) is 21.3 Å². The zero-order chi connectivity index (χ0) is 32.8. The van der Waals surface area contributed by atoms with Crippen molar-refractivity contribution in [1.29, 1.82) is 0 Å². The van der Waals surface area contributed by atoms with Crippen molar-refractivity contribution in [2.75, 3.05) is 26.7 Å². The van der Waals surface area contributed by atoms with Crippen LogP contribution in [0.4, 0.5) is 0 Å². The quantitative estimate of drug-likeness (QED) is 0.187. The number of nitrogens with one attached hydrogen (secondary N) is 4. The molecule has 1 saturated heterocycles. The van der Waals surface area contributed by atoms with Gasteiger partial charge in [-0.1, -0.05) is 32.9 Å². The van der Waals surface area contributed by atoms with Crippen LogP contribution >= 0.6 is 0 Å². The van der Waals surface area contributed by atoms with Crippen molar-refractivity contribution >= 4 is 29.6 Å². The normalized spacial score (nSPS) is 24.3. The molecule has 242 valence electrons. The number of carbonyl (C=O) groups excluding carboxylic acids is 4. The summed E-state index contributed by atoms with van der Waals surface area (Å²) in [6, 6.07) is 2.27. The van der Waals surface area contributed by atoms with Crippen LogP contribution in [0.2, 0.25) is 0 Å². The van der Waals surface area contributed by atoms with E-state index in [1.807, 2.05) is 0 Å². The summed E-state index contributed by atoms with van der Waals surface area (Å²) in [6.07, 6.45) is 1.56. The molecule has 0 spiro atoms. The molecule has 4 rings (SSSR count). The van der Waals surface area contributed by atoms with Gasteiger partial charge in [0.05, 0.1) is 24.3 Å². The first kappa shape index (κ1) is 34.1. The zero-order valence-corrected chi connectivity index (χ0v) is 25.8. The number of carboxylic acids is 1. The molecule has 0 aliphatic carbocycles. The van der Waals surface area contributed by atoms with Crippen LogP contribution in [-0.4, -0.2) is 102 Å². The number of benzene rings is 1. The van der Waals surface area contributed by atoms with Gasteiger partial charge in [0, 0.05) is 25.6 Å².